The van der Waals surface area contributed by atoms with Crippen molar-refractivity contribution in [3.8, 4) is 0 Å². The van der Waals surface area contributed by atoms with Crippen LogP contribution in [0.2, 0.25) is 0 Å². The lowest BCUT2D eigenvalue weighted by Crippen LogP contribution is -2.44. The van der Waals surface area contributed by atoms with E-state index in [0.717, 1.165) is 38.2 Å². The average Bonchev–Trinajstić information content (AvgIpc) is 3.28. The third-order valence-electron chi connectivity index (χ3n) is 6.37. The van der Waals surface area contributed by atoms with Gasteiger partial charge in [0.2, 0.25) is 5.91 Å². The predicted molar refractivity (Wildman–Crippen MR) is 116 cm³/mol. The van der Waals surface area contributed by atoms with Crippen molar-refractivity contribution in [2.75, 3.05) is 32.7 Å². The smallest absolute Gasteiger partial charge is 0.253 e. The van der Waals surface area contributed by atoms with Gasteiger partial charge in [0.15, 0.2) is 0 Å². The molecule has 6 heteroatoms. The summed E-state index contributed by atoms with van der Waals surface area (Å²) in [7, 11) is 0. The number of amides is 2. The number of piperidine rings is 1. The van der Waals surface area contributed by atoms with Gasteiger partial charge in [0.1, 0.15) is 0 Å². The van der Waals surface area contributed by atoms with Gasteiger partial charge >= 0.3 is 0 Å². The van der Waals surface area contributed by atoms with Gasteiger partial charge in [-0.15, -0.1) is 0 Å². The number of aryl methyl sites for hydroxylation is 1. The number of nitrogens with zero attached hydrogens (tertiary/aromatic N) is 3. The zero-order valence-electron chi connectivity index (χ0n) is 17.6. The molecule has 1 unspecified atom stereocenters. The number of hydrogen-bond donors (Lipinski definition) is 1. The molecule has 158 valence electrons. The van der Waals surface area contributed by atoms with E-state index in [2.05, 4.69) is 45.5 Å². The highest BCUT2D eigenvalue weighted by molar-refractivity contribution is 5.96. The highest BCUT2D eigenvalue weighted by Gasteiger charge is 2.32. The summed E-state index contributed by atoms with van der Waals surface area (Å²) in [6, 6.07) is 13.0. The van der Waals surface area contributed by atoms with Gasteiger partial charge in [-0.05, 0) is 62.4 Å². The first-order chi connectivity index (χ1) is 14.6. The number of nitrogens with one attached hydrogen (secondary N) is 1. The van der Waals surface area contributed by atoms with Crippen LogP contribution >= 0.6 is 0 Å². The van der Waals surface area contributed by atoms with E-state index in [1.807, 2.05) is 11.8 Å². The van der Waals surface area contributed by atoms with Crippen molar-refractivity contribution in [2.45, 2.75) is 38.1 Å². The van der Waals surface area contributed by atoms with Crippen molar-refractivity contribution < 1.29 is 9.59 Å². The number of rotatable bonds is 5. The summed E-state index contributed by atoms with van der Waals surface area (Å²) in [5.41, 5.74) is 2.86. The molecule has 6 nitrogen and oxygen atoms in total. The van der Waals surface area contributed by atoms with Gasteiger partial charge in [-0.2, -0.15) is 0 Å². The van der Waals surface area contributed by atoms with Gasteiger partial charge in [0, 0.05) is 31.5 Å². The molecule has 1 aromatic heterocycles. The van der Waals surface area contributed by atoms with E-state index in [4.69, 9.17) is 0 Å². The summed E-state index contributed by atoms with van der Waals surface area (Å²) in [6.07, 6.45) is 6.59. The first-order valence-corrected chi connectivity index (χ1v) is 10.9. The van der Waals surface area contributed by atoms with Gasteiger partial charge in [-0.25, -0.2) is 0 Å². The molecule has 0 saturated carbocycles. The zero-order chi connectivity index (χ0) is 20.9. The quantitative estimate of drug-likeness (QED) is 0.829. The maximum Gasteiger partial charge on any atom is 0.253 e. The van der Waals surface area contributed by atoms with Crippen LogP contribution in [0.15, 0.2) is 48.8 Å². The minimum Gasteiger partial charge on any atom is -0.343 e. The molecule has 2 aliphatic rings. The summed E-state index contributed by atoms with van der Waals surface area (Å²) in [5.74, 6) is 0.386. The third kappa shape index (κ3) is 4.87. The monoisotopic (exact) mass is 406 g/mol. The highest BCUT2D eigenvalue weighted by atomic mass is 16.2. The molecule has 2 fully saturated rings. The third-order valence-corrected chi connectivity index (χ3v) is 6.37. The SMILES string of the molecule is Cc1cncc(C(=O)NCC(=O)N2CCC(N3CCC(c4ccccc4)CC3)C2)c1. The van der Waals surface area contributed by atoms with Crippen LogP contribution in [0.1, 0.15) is 46.7 Å². The number of benzene rings is 1. The van der Waals surface area contributed by atoms with Gasteiger partial charge < -0.3 is 10.2 Å². The van der Waals surface area contributed by atoms with Crippen LogP contribution in [-0.2, 0) is 4.79 Å². The van der Waals surface area contributed by atoms with Crippen LogP contribution in [0.25, 0.3) is 0 Å². The fraction of sp³-hybridized carbons (Fsp3) is 0.458. The fourth-order valence-corrected chi connectivity index (χ4v) is 4.64. The molecule has 1 N–H and O–H groups in total. The molecule has 0 bridgehead atoms. The standard InChI is InChI=1S/C24H30N4O2/c1-18-13-21(15-25-14-18)24(30)26-16-23(29)28-12-9-22(17-28)27-10-7-20(8-11-27)19-5-3-2-4-6-19/h2-6,13-15,20,22H,7-12,16-17H2,1H3,(H,26,30). The van der Waals surface area contributed by atoms with E-state index in [1.54, 1.807) is 12.3 Å². The molecular formula is C24H30N4O2. The van der Waals surface area contributed by atoms with Crippen LogP contribution in [0.3, 0.4) is 0 Å². The number of carbonyl (C=O) groups is 2. The molecule has 0 radical (unpaired) electrons. The fourth-order valence-electron chi connectivity index (χ4n) is 4.64. The Morgan fingerprint density at radius 2 is 1.83 bits per heavy atom. The van der Waals surface area contributed by atoms with E-state index in [9.17, 15) is 9.59 Å². The number of carbonyl (C=O) groups excluding carboxylic acids is 2. The van der Waals surface area contributed by atoms with Gasteiger partial charge in [0.05, 0.1) is 12.1 Å². The molecule has 2 saturated heterocycles. The van der Waals surface area contributed by atoms with E-state index >= 15 is 0 Å². The summed E-state index contributed by atoms with van der Waals surface area (Å²) in [5, 5.41) is 2.74. The van der Waals surface area contributed by atoms with Crippen molar-refractivity contribution in [3.05, 3.63) is 65.5 Å². The molecule has 3 heterocycles. The maximum absolute atomic E-state index is 12.6. The first kappa shape index (κ1) is 20.5. The van der Waals surface area contributed by atoms with Crippen LogP contribution in [0.4, 0.5) is 0 Å². The van der Waals surface area contributed by atoms with Crippen LogP contribution < -0.4 is 5.32 Å². The summed E-state index contributed by atoms with van der Waals surface area (Å²) in [6.45, 7) is 5.63. The number of likely N-dealkylation sites (tertiary alicyclic amines) is 2. The second-order valence-electron chi connectivity index (χ2n) is 8.44. The largest absolute Gasteiger partial charge is 0.343 e. The normalized spacial score (nSPS) is 20.3. The summed E-state index contributed by atoms with van der Waals surface area (Å²) < 4.78 is 0. The molecule has 2 aromatic rings. The zero-order valence-corrected chi connectivity index (χ0v) is 17.6. The Balaban J connectivity index is 1.22. The van der Waals surface area contributed by atoms with Crippen molar-refractivity contribution in [1.29, 1.82) is 0 Å². The lowest BCUT2D eigenvalue weighted by atomic mass is 9.89. The summed E-state index contributed by atoms with van der Waals surface area (Å²) >= 11 is 0. The lowest BCUT2D eigenvalue weighted by Gasteiger charge is -2.36. The molecule has 30 heavy (non-hydrogen) atoms. The second kappa shape index (κ2) is 9.39. The van der Waals surface area contributed by atoms with E-state index in [-0.39, 0.29) is 18.4 Å². The van der Waals surface area contributed by atoms with Crippen LogP contribution in [-0.4, -0.2) is 65.4 Å². The van der Waals surface area contributed by atoms with Crippen molar-refractivity contribution >= 4 is 11.8 Å². The number of pyridine rings is 1. The lowest BCUT2D eigenvalue weighted by molar-refractivity contribution is -0.129. The Kier molecular flexibility index (Phi) is 6.43. The molecule has 2 amide bonds. The minimum absolute atomic E-state index is 0.00867. The van der Waals surface area contributed by atoms with Crippen molar-refractivity contribution in [3.63, 3.8) is 0 Å². The van der Waals surface area contributed by atoms with E-state index < -0.39 is 0 Å². The van der Waals surface area contributed by atoms with Gasteiger partial charge in [-0.3, -0.25) is 19.5 Å². The molecule has 0 spiro atoms. The van der Waals surface area contributed by atoms with Crippen molar-refractivity contribution in [1.82, 2.24) is 20.1 Å². The molecular weight excluding hydrogens is 376 g/mol. The Bertz CT molecular complexity index is 878. The topological polar surface area (TPSA) is 65.5 Å². The summed E-state index contributed by atoms with van der Waals surface area (Å²) in [4.78, 5) is 33.3. The average molecular weight is 407 g/mol. The molecule has 1 aromatic carbocycles. The predicted octanol–water partition coefficient (Wildman–Crippen LogP) is 2.60. The Labute approximate surface area is 178 Å². The van der Waals surface area contributed by atoms with Crippen LogP contribution in [0.5, 0.6) is 0 Å². The van der Waals surface area contributed by atoms with E-state index in [1.165, 1.54) is 24.6 Å². The molecule has 1 atom stereocenters. The highest BCUT2D eigenvalue weighted by Crippen LogP contribution is 2.30. The number of hydrogen-bond acceptors (Lipinski definition) is 4. The van der Waals surface area contributed by atoms with Crippen molar-refractivity contribution in [2.24, 2.45) is 0 Å². The first-order valence-electron chi connectivity index (χ1n) is 10.9. The van der Waals surface area contributed by atoms with Gasteiger partial charge in [-0.1, -0.05) is 30.3 Å². The molecule has 4 rings (SSSR count). The Hall–Kier alpha value is -2.73. The van der Waals surface area contributed by atoms with E-state index in [0.29, 0.717) is 17.5 Å². The Morgan fingerprint density at radius 3 is 2.57 bits per heavy atom. The maximum atomic E-state index is 12.6. The molecule has 2 aliphatic heterocycles. The Morgan fingerprint density at radius 1 is 1.07 bits per heavy atom. The molecule has 0 aliphatic carbocycles. The minimum atomic E-state index is -0.252. The van der Waals surface area contributed by atoms with Gasteiger partial charge in [0.25, 0.3) is 5.91 Å². The number of aromatic nitrogens is 1. The second-order valence-corrected chi connectivity index (χ2v) is 8.44. The van der Waals surface area contributed by atoms with Crippen LogP contribution in [0, 0.1) is 6.92 Å².